The summed E-state index contributed by atoms with van der Waals surface area (Å²) in [7, 11) is 0. The minimum Gasteiger partial charge on any atom is -0.550 e. The van der Waals surface area contributed by atoms with Gasteiger partial charge in [0.05, 0.1) is 26.2 Å². The molecule has 0 radical (unpaired) electrons. The Balaban J connectivity index is 0. The minimum atomic E-state index is -1.08. The first kappa shape index (κ1) is 20.7. The highest BCUT2D eigenvalue weighted by atomic mass is 16.4. The first-order valence-corrected chi connectivity index (χ1v) is 8.00. The van der Waals surface area contributed by atoms with E-state index in [4.69, 9.17) is 9.90 Å². The predicted molar refractivity (Wildman–Crippen MR) is 80.8 cm³/mol. The van der Waals surface area contributed by atoms with Crippen molar-refractivity contribution in [3.05, 3.63) is 0 Å². The van der Waals surface area contributed by atoms with Crippen molar-refractivity contribution in [1.29, 1.82) is 0 Å². The Morgan fingerprint density at radius 2 is 1.11 bits per heavy atom. The normalized spacial score (nSPS) is 10.8. The van der Waals surface area contributed by atoms with Gasteiger partial charge in [-0.1, -0.05) is 40.0 Å². The second kappa shape index (κ2) is 13.9. The van der Waals surface area contributed by atoms with Crippen LogP contribution in [0.3, 0.4) is 0 Å². The molecule has 0 spiro atoms. The number of carboxylic acid groups (broad SMARTS) is 1. The molecule has 0 atom stereocenters. The number of aliphatic carboxylic acids is 1. The Kier molecular flexibility index (Phi) is 15.1. The van der Waals surface area contributed by atoms with Crippen LogP contribution in [0.5, 0.6) is 0 Å². The molecule has 19 heavy (non-hydrogen) atoms. The van der Waals surface area contributed by atoms with Gasteiger partial charge in [0.1, 0.15) is 0 Å². The number of nitrogens with zero attached hydrogens (tertiary/aromatic N) is 1. The molecule has 0 aromatic carbocycles. The summed E-state index contributed by atoms with van der Waals surface area (Å²) in [6.07, 6.45) is 8.25. The van der Waals surface area contributed by atoms with Gasteiger partial charge in [-0.25, -0.2) is 0 Å². The molecule has 0 aromatic rings. The highest BCUT2D eigenvalue weighted by Gasteiger charge is 2.22. The molecule has 0 rings (SSSR count). The third-order valence-corrected chi connectivity index (χ3v) is 3.63. The first-order valence-electron chi connectivity index (χ1n) is 8.00. The van der Waals surface area contributed by atoms with Crippen LogP contribution in [0.1, 0.15) is 73.1 Å². The smallest absolute Gasteiger partial charge is 0.0786 e. The molecule has 0 saturated heterocycles. The van der Waals surface area contributed by atoms with E-state index in [1.165, 1.54) is 69.2 Å². The third-order valence-electron chi connectivity index (χ3n) is 3.63. The number of hydrogen-bond donors (Lipinski definition) is 0. The van der Waals surface area contributed by atoms with Gasteiger partial charge in [-0.3, -0.25) is 0 Å². The van der Waals surface area contributed by atoms with Crippen molar-refractivity contribution in [2.75, 3.05) is 26.2 Å². The molecular formula is C16H35NO2. The Bertz CT molecular complexity index is 179. The molecular weight excluding hydrogens is 238 g/mol. The maximum Gasteiger partial charge on any atom is 0.0786 e. The van der Waals surface area contributed by atoms with E-state index in [9.17, 15) is 0 Å². The number of carbonyl (C=O) groups is 1. The van der Waals surface area contributed by atoms with Crippen LogP contribution >= 0.6 is 0 Å². The van der Waals surface area contributed by atoms with Gasteiger partial charge in [0, 0.05) is 5.97 Å². The van der Waals surface area contributed by atoms with Gasteiger partial charge in [-0.15, -0.1) is 0 Å². The van der Waals surface area contributed by atoms with Crippen LogP contribution < -0.4 is 5.11 Å². The number of rotatable bonds is 10. The number of unbranched alkanes of at least 4 members (excludes halogenated alkanes) is 3. The van der Waals surface area contributed by atoms with Gasteiger partial charge < -0.3 is 14.4 Å². The zero-order valence-corrected chi connectivity index (χ0v) is 13.8. The number of quaternary nitrogens is 1. The lowest BCUT2D eigenvalue weighted by Crippen LogP contribution is -2.49. The molecule has 0 aromatic heterocycles. The molecule has 0 unspecified atom stereocenters. The molecule has 0 saturated carbocycles. The fourth-order valence-corrected chi connectivity index (χ4v) is 2.29. The quantitative estimate of drug-likeness (QED) is 0.574. The molecule has 0 heterocycles. The Hall–Kier alpha value is -0.570. The minimum absolute atomic E-state index is 0.972. The number of hydrogen-bond acceptors (Lipinski definition) is 2. The maximum atomic E-state index is 8.89. The van der Waals surface area contributed by atoms with Gasteiger partial charge in [0.15, 0.2) is 0 Å². The monoisotopic (exact) mass is 273 g/mol. The average Bonchev–Trinajstić information content (AvgIpc) is 2.38. The fraction of sp³-hybridized carbons (Fsp3) is 0.938. The average molecular weight is 273 g/mol. The van der Waals surface area contributed by atoms with Crippen LogP contribution in [0.4, 0.5) is 0 Å². The van der Waals surface area contributed by atoms with Crippen molar-refractivity contribution in [3.63, 3.8) is 0 Å². The summed E-state index contributed by atoms with van der Waals surface area (Å²) in [6.45, 7) is 15.8. The van der Waals surface area contributed by atoms with E-state index in [0.29, 0.717) is 0 Å². The standard InChI is InChI=1S/C14H32N.C2H4O2/c1-5-9-12-15(8-4,13-10-6-2)14-11-7-3;1-2(3)4/h5-14H2,1-4H3;1H3,(H,3,4)/q+1;/p-1. The van der Waals surface area contributed by atoms with E-state index >= 15 is 0 Å². The van der Waals surface area contributed by atoms with E-state index in [1.807, 2.05) is 0 Å². The topological polar surface area (TPSA) is 40.1 Å². The summed E-state index contributed by atoms with van der Waals surface area (Å²) >= 11 is 0. The zero-order valence-electron chi connectivity index (χ0n) is 13.8. The highest BCUT2D eigenvalue weighted by Crippen LogP contribution is 2.14. The molecule has 0 aliphatic carbocycles. The number of carboxylic acids is 1. The van der Waals surface area contributed by atoms with Crippen molar-refractivity contribution in [1.82, 2.24) is 0 Å². The maximum absolute atomic E-state index is 8.89. The molecule has 3 heteroatoms. The van der Waals surface area contributed by atoms with Gasteiger partial charge >= 0.3 is 0 Å². The van der Waals surface area contributed by atoms with Crippen molar-refractivity contribution >= 4 is 5.97 Å². The van der Waals surface area contributed by atoms with E-state index in [-0.39, 0.29) is 0 Å². The van der Waals surface area contributed by atoms with Crippen LogP contribution in [-0.4, -0.2) is 36.6 Å². The molecule has 116 valence electrons. The summed E-state index contributed by atoms with van der Waals surface area (Å²) in [5, 5.41) is 8.89. The lowest BCUT2D eigenvalue weighted by Gasteiger charge is -2.38. The van der Waals surface area contributed by atoms with Gasteiger partial charge in [-0.05, 0) is 33.1 Å². The van der Waals surface area contributed by atoms with Crippen LogP contribution in [0.2, 0.25) is 0 Å². The second-order valence-corrected chi connectivity index (χ2v) is 5.38. The second-order valence-electron chi connectivity index (χ2n) is 5.38. The predicted octanol–water partition coefficient (Wildman–Crippen LogP) is 2.98. The van der Waals surface area contributed by atoms with Crippen LogP contribution in [0.25, 0.3) is 0 Å². The van der Waals surface area contributed by atoms with Gasteiger partial charge in [0.2, 0.25) is 0 Å². The fourth-order valence-electron chi connectivity index (χ4n) is 2.29. The highest BCUT2D eigenvalue weighted by molar-refractivity contribution is 5.60. The lowest BCUT2D eigenvalue weighted by atomic mass is 10.1. The Morgan fingerprint density at radius 3 is 1.26 bits per heavy atom. The third kappa shape index (κ3) is 13.7. The molecule has 0 aliphatic heterocycles. The summed E-state index contributed by atoms with van der Waals surface area (Å²) < 4.78 is 1.38. The Labute approximate surface area is 120 Å². The van der Waals surface area contributed by atoms with E-state index in [1.54, 1.807) is 0 Å². The SMILES string of the molecule is CC(=O)[O-].CCCC[N+](CC)(CCCC)CCCC. The van der Waals surface area contributed by atoms with Gasteiger partial charge in [0.25, 0.3) is 0 Å². The summed E-state index contributed by atoms with van der Waals surface area (Å²) in [5.74, 6) is -1.08. The van der Waals surface area contributed by atoms with E-state index in [2.05, 4.69) is 27.7 Å². The zero-order chi connectivity index (χ0) is 15.1. The largest absolute Gasteiger partial charge is 0.550 e. The van der Waals surface area contributed by atoms with E-state index in [0.717, 1.165) is 6.92 Å². The molecule has 0 fully saturated rings. The summed E-state index contributed by atoms with van der Waals surface area (Å²) in [6, 6.07) is 0. The summed E-state index contributed by atoms with van der Waals surface area (Å²) in [5.41, 5.74) is 0. The first-order chi connectivity index (χ1) is 8.97. The van der Waals surface area contributed by atoms with Crippen LogP contribution in [-0.2, 0) is 4.79 Å². The lowest BCUT2D eigenvalue weighted by molar-refractivity contribution is -0.927. The molecule has 0 N–H and O–H groups in total. The molecule has 0 bridgehead atoms. The van der Waals surface area contributed by atoms with Gasteiger partial charge in [-0.2, -0.15) is 0 Å². The Morgan fingerprint density at radius 1 is 0.842 bits per heavy atom. The van der Waals surface area contributed by atoms with E-state index < -0.39 is 5.97 Å². The van der Waals surface area contributed by atoms with Crippen LogP contribution in [0, 0.1) is 0 Å². The van der Waals surface area contributed by atoms with Crippen molar-refractivity contribution in [2.45, 2.75) is 73.1 Å². The molecule has 3 nitrogen and oxygen atoms in total. The molecule has 0 aliphatic rings. The van der Waals surface area contributed by atoms with Crippen LogP contribution in [0.15, 0.2) is 0 Å². The van der Waals surface area contributed by atoms with Crippen molar-refractivity contribution in [3.8, 4) is 0 Å². The van der Waals surface area contributed by atoms with Crippen molar-refractivity contribution in [2.24, 2.45) is 0 Å². The van der Waals surface area contributed by atoms with Crippen molar-refractivity contribution < 1.29 is 14.4 Å². The summed E-state index contributed by atoms with van der Waals surface area (Å²) in [4.78, 5) is 8.89. The molecule has 0 amide bonds. The number of carbonyl (C=O) groups excluding carboxylic acids is 1.